The van der Waals surface area contributed by atoms with Gasteiger partial charge in [-0.15, -0.1) is 0 Å². The number of nitrogens with one attached hydrogen (secondary N) is 1. The largest absolute Gasteiger partial charge is 0.505 e. The van der Waals surface area contributed by atoms with Gasteiger partial charge >= 0.3 is 0 Å². The molecule has 0 bridgehead atoms. The first-order valence-corrected chi connectivity index (χ1v) is 5.67. The highest BCUT2D eigenvalue weighted by Gasteiger charge is 2.12. The SMILES string of the molecule is COc1ccc2[nH]c(-c3cccc(N)c3O)nc2n1. The minimum Gasteiger partial charge on any atom is -0.505 e. The third kappa shape index (κ3) is 1.83. The number of aromatic amines is 1. The van der Waals surface area contributed by atoms with Gasteiger partial charge in [0.1, 0.15) is 11.6 Å². The molecule has 4 N–H and O–H groups in total. The summed E-state index contributed by atoms with van der Waals surface area (Å²) in [5.41, 5.74) is 7.80. The van der Waals surface area contributed by atoms with Crippen LogP contribution in [0.25, 0.3) is 22.6 Å². The Morgan fingerprint density at radius 3 is 2.84 bits per heavy atom. The van der Waals surface area contributed by atoms with Gasteiger partial charge < -0.3 is 20.6 Å². The number of hydrogen-bond donors (Lipinski definition) is 3. The maximum atomic E-state index is 9.95. The van der Waals surface area contributed by atoms with Crippen LogP contribution in [-0.2, 0) is 0 Å². The topological polar surface area (TPSA) is 97.0 Å². The fourth-order valence-corrected chi connectivity index (χ4v) is 1.87. The highest BCUT2D eigenvalue weighted by Crippen LogP contribution is 2.32. The highest BCUT2D eigenvalue weighted by atomic mass is 16.5. The lowest BCUT2D eigenvalue weighted by molar-refractivity contribution is 0.399. The van der Waals surface area contributed by atoms with Crippen LogP contribution in [0.2, 0.25) is 0 Å². The summed E-state index contributed by atoms with van der Waals surface area (Å²) in [5, 5.41) is 9.95. The first kappa shape index (κ1) is 11.3. The van der Waals surface area contributed by atoms with E-state index in [1.54, 1.807) is 31.4 Å². The summed E-state index contributed by atoms with van der Waals surface area (Å²) in [7, 11) is 1.55. The molecule has 0 fully saturated rings. The van der Waals surface area contributed by atoms with Crippen molar-refractivity contribution in [3.63, 3.8) is 0 Å². The van der Waals surface area contributed by atoms with E-state index in [1.165, 1.54) is 0 Å². The van der Waals surface area contributed by atoms with Crippen molar-refractivity contribution in [2.45, 2.75) is 0 Å². The van der Waals surface area contributed by atoms with Crippen LogP contribution in [0.3, 0.4) is 0 Å². The van der Waals surface area contributed by atoms with Crippen molar-refractivity contribution in [2.24, 2.45) is 0 Å². The quantitative estimate of drug-likeness (QED) is 0.480. The zero-order chi connectivity index (χ0) is 13.4. The molecular formula is C13H12N4O2. The molecule has 0 aliphatic rings. The van der Waals surface area contributed by atoms with Crippen LogP contribution in [0.15, 0.2) is 30.3 Å². The summed E-state index contributed by atoms with van der Waals surface area (Å²) in [6.07, 6.45) is 0. The normalized spacial score (nSPS) is 10.8. The van der Waals surface area contributed by atoms with Crippen molar-refractivity contribution in [3.8, 4) is 23.0 Å². The minimum atomic E-state index is 0.00789. The molecule has 0 saturated heterocycles. The van der Waals surface area contributed by atoms with Gasteiger partial charge in [0.25, 0.3) is 0 Å². The zero-order valence-corrected chi connectivity index (χ0v) is 10.2. The van der Waals surface area contributed by atoms with Gasteiger partial charge in [-0.25, -0.2) is 4.98 Å². The van der Waals surface area contributed by atoms with E-state index < -0.39 is 0 Å². The van der Waals surface area contributed by atoms with Crippen molar-refractivity contribution in [1.29, 1.82) is 0 Å². The molecule has 0 aliphatic carbocycles. The van der Waals surface area contributed by atoms with Crippen LogP contribution in [0.5, 0.6) is 11.6 Å². The Kier molecular flexibility index (Phi) is 2.49. The van der Waals surface area contributed by atoms with Gasteiger partial charge in [-0.3, -0.25) is 0 Å². The number of hydrogen-bond acceptors (Lipinski definition) is 5. The number of para-hydroxylation sites is 1. The minimum absolute atomic E-state index is 0.00789. The number of phenolic OH excluding ortho intramolecular Hbond substituents is 1. The molecule has 1 aromatic carbocycles. The summed E-state index contributed by atoms with van der Waals surface area (Å²) in [4.78, 5) is 11.6. The molecule has 3 aromatic rings. The monoisotopic (exact) mass is 256 g/mol. The van der Waals surface area contributed by atoms with E-state index in [1.807, 2.05) is 6.07 Å². The van der Waals surface area contributed by atoms with Crippen LogP contribution in [0.1, 0.15) is 0 Å². The van der Waals surface area contributed by atoms with E-state index in [0.717, 1.165) is 5.52 Å². The smallest absolute Gasteiger partial charge is 0.215 e. The molecule has 2 heterocycles. The number of H-pyrrole nitrogens is 1. The number of imidazole rings is 1. The molecule has 2 aromatic heterocycles. The van der Waals surface area contributed by atoms with Crippen LogP contribution in [0, 0.1) is 0 Å². The number of nitrogens with zero attached hydrogens (tertiary/aromatic N) is 2. The first-order chi connectivity index (χ1) is 9.19. The maximum Gasteiger partial charge on any atom is 0.215 e. The lowest BCUT2D eigenvalue weighted by Crippen LogP contribution is -1.88. The van der Waals surface area contributed by atoms with Gasteiger partial charge in [0.05, 0.1) is 23.9 Å². The van der Waals surface area contributed by atoms with E-state index >= 15 is 0 Å². The molecular weight excluding hydrogens is 244 g/mol. The molecule has 3 rings (SSSR count). The molecule has 96 valence electrons. The Balaban J connectivity index is 2.18. The van der Waals surface area contributed by atoms with E-state index in [-0.39, 0.29) is 5.75 Å². The molecule has 19 heavy (non-hydrogen) atoms. The standard InChI is InChI=1S/C13H12N4O2/c1-19-10-6-5-9-13(16-10)17-12(15-9)7-3-2-4-8(14)11(7)18/h2-6,18H,14H2,1H3,(H,15,16,17). The molecule has 0 unspecified atom stereocenters. The number of rotatable bonds is 2. The van der Waals surface area contributed by atoms with Crippen molar-refractivity contribution < 1.29 is 9.84 Å². The third-order valence-electron chi connectivity index (χ3n) is 2.85. The Bertz CT molecular complexity index is 751. The first-order valence-electron chi connectivity index (χ1n) is 5.67. The molecule has 0 radical (unpaired) electrons. The molecule has 0 amide bonds. The lowest BCUT2D eigenvalue weighted by atomic mass is 10.1. The summed E-state index contributed by atoms with van der Waals surface area (Å²) in [6.45, 7) is 0. The highest BCUT2D eigenvalue weighted by molar-refractivity contribution is 5.80. The Labute approximate surface area is 108 Å². The second kappa shape index (κ2) is 4.16. The molecule has 0 atom stereocenters. The van der Waals surface area contributed by atoms with Crippen LogP contribution < -0.4 is 10.5 Å². The van der Waals surface area contributed by atoms with Gasteiger partial charge in [-0.2, -0.15) is 4.98 Å². The Morgan fingerprint density at radius 2 is 2.05 bits per heavy atom. The van der Waals surface area contributed by atoms with Crippen LogP contribution >= 0.6 is 0 Å². The number of fused-ring (bicyclic) bond motifs is 1. The molecule has 6 nitrogen and oxygen atoms in total. The number of ether oxygens (including phenoxy) is 1. The summed E-state index contributed by atoms with van der Waals surface area (Å²) < 4.78 is 5.05. The van der Waals surface area contributed by atoms with Gasteiger partial charge in [-0.05, 0) is 18.2 Å². The van der Waals surface area contributed by atoms with E-state index in [0.29, 0.717) is 28.6 Å². The number of aromatic hydroxyl groups is 1. The van der Waals surface area contributed by atoms with Crippen molar-refractivity contribution in [1.82, 2.24) is 15.0 Å². The summed E-state index contributed by atoms with van der Waals surface area (Å²) in [6, 6.07) is 8.68. The van der Waals surface area contributed by atoms with Gasteiger partial charge in [0, 0.05) is 6.07 Å². The number of nitrogens with two attached hydrogens (primary N) is 1. The predicted molar refractivity (Wildman–Crippen MR) is 72.0 cm³/mol. The average Bonchev–Trinajstić information content (AvgIpc) is 2.84. The number of anilines is 1. The summed E-state index contributed by atoms with van der Waals surface area (Å²) in [5.74, 6) is 1.01. The van der Waals surface area contributed by atoms with Crippen molar-refractivity contribution in [3.05, 3.63) is 30.3 Å². The number of benzene rings is 1. The van der Waals surface area contributed by atoms with Crippen molar-refractivity contribution >= 4 is 16.9 Å². The van der Waals surface area contributed by atoms with E-state index in [2.05, 4.69) is 15.0 Å². The van der Waals surface area contributed by atoms with Gasteiger partial charge in [0.15, 0.2) is 5.65 Å². The van der Waals surface area contributed by atoms with Gasteiger partial charge in [0.2, 0.25) is 5.88 Å². The van der Waals surface area contributed by atoms with E-state index in [9.17, 15) is 5.11 Å². The molecule has 6 heteroatoms. The predicted octanol–water partition coefficient (Wildman–Crippen LogP) is 1.92. The molecule has 0 spiro atoms. The van der Waals surface area contributed by atoms with Crippen molar-refractivity contribution in [2.75, 3.05) is 12.8 Å². The number of nitrogen functional groups attached to an aromatic ring is 1. The maximum absolute atomic E-state index is 9.95. The summed E-state index contributed by atoms with van der Waals surface area (Å²) >= 11 is 0. The third-order valence-corrected chi connectivity index (χ3v) is 2.85. The number of pyridine rings is 1. The lowest BCUT2D eigenvalue weighted by Gasteiger charge is -2.03. The second-order valence-corrected chi connectivity index (χ2v) is 4.05. The Morgan fingerprint density at radius 1 is 1.21 bits per heavy atom. The fraction of sp³-hybridized carbons (Fsp3) is 0.0769. The van der Waals surface area contributed by atoms with E-state index in [4.69, 9.17) is 10.5 Å². The van der Waals surface area contributed by atoms with Crippen LogP contribution in [-0.4, -0.2) is 27.2 Å². The average molecular weight is 256 g/mol. The zero-order valence-electron chi connectivity index (χ0n) is 10.2. The fourth-order valence-electron chi connectivity index (χ4n) is 1.87. The number of aromatic nitrogens is 3. The van der Waals surface area contributed by atoms with Crippen LogP contribution in [0.4, 0.5) is 5.69 Å². The molecule has 0 aliphatic heterocycles. The Hall–Kier alpha value is -2.76. The number of methoxy groups -OCH3 is 1. The molecule has 0 saturated carbocycles. The second-order valence-electron chi connectivity index (χ2n) is 4.05. The van der Waals surface area contributed by atoms with Gasteiger partial charge in [-0.1, -0.05) is 6.07 Å². The number of phenols is 1.